The van der Waals surface area contributed by atoms with Crippen LogP contribution < -0.4 is 0 Å². The van der Waals surface area contributed by atoms with E-state index in [4.69, 9.17) is 5.11 Å². The summed E-state index contributed by atoms with van der Waals surface area (Å²) in [5.41, 5.74) is 0.597. The van der Waals surface area contributed by atoms with Crippen molar-refractivity contribution in [1.82, 2.24) is 4.90 Å². The minimum Gasteiger partial charge on any atom is -0.394 e. The molecule has 0 bridgehead atoms. The number of hydrogen-bond acceptors (Lipinski definition) is 4. The summed E-state index contributed by atoms with van der Waals surface area (Å²) in [7, 11) is 1.51. The molecule has 0 heterocycles. The van der Waals surface area contributed by atoms with Crippen LogP contribution in [0.25, 0.3) is 0 Å². The van der Waals surface area contributed by atoms with Gasteiger partial charge in [0.15, 0.2) is 0 Å². The lowest BCUT2D eigenvalue weighted by Crippen LogP contribution is -2.37. The van der Waals surface area contributed by atoms with Crippen LogP contribution in [0.3, 0.4) is 0 Å². The summed E-state index contributed by atoms with van der Waals surface area (Å²) in [6, 6.07) is 4.00. The summed E-state index contributed by atoms with van der Waals surface area (Å²) in [4.78, 5) is 23.7. The van der Waals surface area contributed by atoms with Gasteiger partial charge in [-0.1, -0.05) is 6.07 Å². The number of nitrogens with zero attached hydrogens (tertiary/aromatic N) is 2. The Labute approximate surface area is 105 Å². The number of rotatable bonds is 4. The van der Waals surface area contributed by atoms with Crippen LogP contribution in [0.5, 0.6) is 0 Å². The highest BCUT2D eigenvalue weighted by Gasteiger charge is 2.25. The first-order valence-electron chi connectivity index (χ1n) is 5.51. The Hall–Kier alpha value is -1.95. The molecule has 0 saturated heterocycles. The van der Waals surface area contributed by atoms with Gasteiger partial charge in [-0.25, -0.2) is 0 Å². The quantitative estimate of drug-likeness (QED) is 0.647. The number of benzene rings is 1. The van der Waals surface area contributed by atoms with Crippen LogP contribution in [0.15, 0.2) is 18.2 Å². The van der Waals surface area contributed by atoms with Crippen molar-refractivity contribution >= 4 is 11.6 Å². The third-order valence-corrected chi connectivity index (χ3v) is 2.82. The van der Waals surface area contributed by atoms with Crippen LogP contribution in [-0.2, 0) is 0 Å². The second-order valence-electron chi connectivity index (χ2n) is 4.23. The van der Waals surface area contributed by atoms with Gasteiger partial charge in [0.25, 0.3) is 11.6 Å². The van der Waals surface area contributed by atoms with E-state index in [2.05, 4.69) is 0 Å². The molecule has 0 fully saturated rings. The minimum atomic E-state index is -0.579. The van der Waals surface area contributed by atoms with Crippen LogP contribution in [-0.4, -0.2) is 40.5 Å². The third kappa shape index (κ3) is 2.84. The molecule has 0 aliphatic rings. The molecule has 0 aromatic heterocycles. The van der Waals surface area contributed by atoms with Gasteiger partial charge in [-0.3, -0.25) is 14.9 Å². The smallest absolute Gasteiger partial charge is 0.282 e. The number of carbonyl (C=O) groups excluding carboxylic acids is 1. The Morgan fingerprint density at radius 1 is 1.56 bits per heavy atom. The van der Waals surface area contributed by atoms with Crippen LogP contribution in [0.1, 0.15) is 22.8 Å². The number of likely N-dealkylation sites (N-methyl/N-ethyl adjacent to an activating group) is 1. The Bertz CT molecular complexity index is 473. The van der Waals surface area contributed by atoms with E-state index in [9.17, 15) is 14.9 Å². The number of aliphatic hydroxyl groups is 1. The summed E-state index contributed by atoms with van der Waals surface area (Å²) in [6.07, 6.45) is 0. The minimum absolute atomic E-state index is 0.0443. The molecule has 1 rings (SSSR count). The maximum absolute atomic E-state index is 12.1. The first-order valence-corrected chi connectivity index (χ1v) is 5.51. The predicted octanol–water partition coefficient (Wildman–Crippen LogP) is 1.36. The lowest BCUT2D eigenvalue weighted by molar-refractivity contribution is -0.385. The first-order chi connectivity index (χ1) is 8.38. The molecule has 0 aliphatic heterocycles. The highest BCUT2D eigenvalue weighted by atomic mass is 16.6. The van der Waals surface area contributed by atoms with E-state index < -0.39 is 16.9 Å². The van der Waals surface area contributed by atoms with Gasteiger partial charge >= 0.3 is 0 Å². The summed E-state index contributed by atoms with van der Waals surface area (Å²) < 4.78 is 0. The van der Waals surface area contributed by atoms with Crippen molar-refractivity contribution in [2.24, 2.45) is 0 Å². The second-order valence-corrected chi connectivity index (χ2v) is 4.23. The normalized spacial score (nSPS) is 12.0. The molecule has 1 aromatic carbocycles. The van der Waals surface area contributed by atoms with Crippen molar-refractivity contribution in [2.45, 2.75) is 19.9 Å². The van der Waals surface area contributed by atoms with Crippen molar-refractivity contribution in [2.75, 3.05) is 13.7 Å². The number of aliphatic hydroxyl groups excluding tert-OH is 1. The van der Waals surface area contributed by atoms with Gasteiger partial charge in [0, 0.05) is 13.1 Å². The van der Waals surface area contributed by atoms with Crippen LogP contribution in [0, 0.1) is 17.0 Å². The summed E-state index contributed by atoms with van der Waals surface area (Å²) in [5.74, 6) is -0.466. The summed E-state index contributed by atoms with van der Waals surface area (Å²) in [5, 5.41) is 19.9. The average molecular weight is 252 g/mol. The van der Waals surface area contributed by atoms with Gasteiger partial charge in [-0.15, -0.1) is 0 Å². The molecule has 6 heteroatoms. The van der Waals surface area contributed by atoms with Gasteiger partial charge in [-0.05, 0) is 25.5 Å². The number of nitro benzene ring substituents is 1. The highest BCUT2D eigenvalue weighted by Crippen LogP contribution is 2.21. The molecule has 18 heavy (non-hydrogen) atoms. The third-order valence-electron chi connectivity index (χ3n) is 2.82. The molecule has 0 spiro atoms. The van der Waals surface area contributed by atoms with E-state index in [0.29, 0.717) is 0 Å². The molecule has 1 N–H and O–H groups in total. The van der Waals surface area contributed by atoms with Crippen LogP contribution >= 0.6 is 0 Å². The first kappa shape index (κ1) is 14.1. The van der Waals surface area contributed by atoms with Crippen molar-refractivity contribution in [1.29, 1.82) is 0 Å². The summed E-state index contributed by atoms with van der Waals surface area (Å²) in [6.45, 7) is 3.23. The zero-order valence-corrected chi connectivity index (χ0v) is 10.6. The van der Waals surface area contributed by atoms with Gasteiger partial charge in [-0.2, -0.15) is 0 Å². The van der Waals surface area contributed by atoms with Crippen molar-refractivity contribution < 1.29 is 14.8 Å². The highest BCUT2D eigenvalue weighted by molar-refractivity contribution is 5.98. The van der Waals surface area contributed by atoms with Gasteiger partial charge in [0.05, 0.1) is 17.6 Å². The lowest BCUT2D eigenvalue weighted by atomic mass is 10.1. The van der Waals surface area contributed by atoms with Crippen molar-refractivity contribution in [3.8, 4) is 0 Å². The lowest BCUT2D eigenvalue weighted by Gasteiger charge is -2.23. The number of carbonyl (C=O) groups is 1. The standard InChI is InChI=1S/C12H16N2O4/c1-8-4-5-11(14(17)18)10(6-8)12(16)13(3)9(2)7-15/h4-6,9,15H,7H2,1-3H3. The Kier molecular flexibility index (Phi) is 4.38. The van der Waals surface area contributed by atoms with E-state index in [-0.39, 0.29) is 17.9 Å². The number of nitro groups is 1. The molecule has 98 valence electrons. The predicted molar refractivity (Wildman–Crippen MR) is 66.5 cm³/mol. The van der Waals surface area contributed by atoms with Crippen LogP contribution in [0.4, 0.5) is 5.69 Å². The Balaban J connectivity index is 3.19. The van der Waals surface area contributed by atoms with Crippen molar-refractivity contribution in [3.05, 3.63) is 39.4 Å². The molecule has 1 atom stereocenters. The molecule has 0 saturated carbocycles. The molecular formula is C12H16N2O4. The van der Waals surface area contributed by atoms with Gasteiger partial charge in [0.1, 0.15) is 5.56 Å². The molecule has 1 amide bonds. The van der Waals surface area contributed by atoms with E-state index in [0.717, 1.165) is 5.56 Å². The molecular weight excluding hydrogens is 236 g/mol. The molecule has 0 aliphatic carbocycles. The van der Waals surface area contributed by atoms with Gasteiger partial charge in [0.2, 0.25) is 0 Å². The second kappa shape index (κ2) is 5.59. The van der Waals surface area contributed by atoms with E-state index in [1.807, 2.05) is 0 Å². The van der Waals surface area contributed by atoms with Gasteiger partial charge < -0.3 is 10.0 Å². The number of amides is 1. The fraction of sp³-hybridized carbons (Fsp3) is 0.417. The number of aryl methyl sites for hydroxylation is 1. The monoisotopic (exact) mass is 252 g/mol. The van der Waals surface area contributed by atoms with E-state index in [1.54, 1.807) is 19.9 Å². The van der Waals surface area contributed by atoms with Crippen molar-refractivity contribution in [3.63, 3.8) is 0 Å². The van der Waals surface area contributed by atoms with Crippen LogP contribution in [0.2, 0.25) is 0 Å². The topological polar surface area (TPSA) is 83.7 Å². The number of hydrogen-bond donors (Lipinski definition) is 1. The van der Waals surface area contributed by atoms with E-state index in [1.165, 1.54) is 24.1 Å². The maximum Gasteiger partial charge on any atom is 0.282 e. The van der Waals surface area contributed by atoms with E-state index >= 15 is 0 Å². The largest absolute Gasteiger partial charge is 0.394 e. The Morgan fingerprint density at radius 3 is 2.67 bits per heavy atom. The molecule has 6 nitrogen and oxygen atoms in total. The zero-order valence-electron chi connectivity index (χ0n) is 10.6. The summed E-state index contributed by atoms with van der Waals surface area (Å²) >= 11 is 0. The Morgan fingerprint density at radius 2 is 2.17 bits per heavy atom. The fourth-order valence-electron chi connectivity index (χ4n) is 1.49. The maximum atomic E-state index is 12.1. The fourth-order valence-corrected chi connectivity index (χ4v) is 1.49. The molecule has 1 unspecified atom stereocenters. The average Bonchev–Trinajstić information content (AvgIpc) is 2.35. The molecule has 1 aromatic rings. The SMILES string of the molecule is Cc1ccc([N+](=O)[O-])c(C(=O)N(C)C(C)CO)c1. The molecule has 0 radical (unpaired) electrons. The zero-order chi connectivity index (χ0) is 13.9.